The van der Waals surface area contributed by atoms with E-state index in [0.717, 1.165) is 12.5 Å². The average molecular weight is 176 g/mol. The summed E-state index contributed by atoms with van der Waals surface area (Å²) >= 11 is 0. The first-order valence-electron chi connectivity index (χ1n) is 5.05. The zero-order valence-electron chi connectivity index (χ0n) is 8.03. The van der Waals surface area contributed by atoms with Gasteiger partial charge in [-0.15, -0.1) is 0 Å². The topological polar surface area (TPSA) is 24.9 Å². The van der Waals surface area contributed by atoms with Crippen LogP contribution in [0.1, 0.15) is 31.4 Å². The SMILES string of the molecule is CCNC(c1ccncc1)C1CC1. The van der Waals surface area contributed by atoms with E-state index < -0.39 is 0 Å². The molecule has 13 heavy (non-hydrogen) atoms. The van der Waals surface area contributed by atoms with Crippen LogP contribution in [-0.4, -0.2) is 11.5 Å². The van der Waals surface area contributed by atoms with Crippen LogP contribution in [0.15, 0.2) is 24.5 Å². The standard InChI is InChI=1S/C11H16N2/c1-2-13-11(9-3-4-9)10-5-7-12-8-6-10/h5-9,11,13H,2-4H2,1H3. The van der Waals surface area contributed by atoms with Crippen LogP contribution in [0.4, 0.5) is 0 Å². The van der Waals surface area contributed by atoms with Crippen molar-refractivity contribution in [2.24, 2.45) is 5.92 Å². The molecule has 1 atom stereocenters. The molecule has 0 aromatic carbocycles. The zero-order chi connectivity index (χ0) is 9.10. The second-order valence-electron chi connectivity index (χ2n) is 3.65. The van der Waals surface area contributed by atoms with Gasteiger partial charge in [0.15, 0.2) is 0 Å². The quantitative estimate of drug-likeness (QED) is 0.760. The van der Waals surface area contributed by atoms with Crippen molar-refractivity contribution in [1.82, 2.24) is 10.3 Å². The first-order chi connectivity index (χ1) is 6.42. The molecular weight excluding hydrogens is 160 g/mol. The van der Waals surface area contributed by atoms with Gasteiger partial charge in [0.05, 0.1) is 0 Å². The van der Waals surface area contributed by atoms with Crippen LogP contribution in [0.5, 0.6) is 0 Å². The fourth-order valence-corrected chi connectivity index (χ4v) is 1.78. The van der Waals surface area contributed by atoms with Gasteiger partial charge in [-0.25, -0.2) is 0 Å². The van der Waals surface area contributed by atoms with Crippen LogP contribution in [0.25, 0.3) is 0 Å². The smallest absolute Gasteiger partial charge is 0.0349 e. The molecule has 0 aliphatic heterocycles. The van der Waals surface area contributed by atoms with Crippen molar-refractivity contribution in [3.63, 3.8) is 0 Å². The maximum Gasteiger partial charge on any atom is 0.0349 e. The summed E-state index contributed by atoms with van der Waals surface area (Å²) in [6.45, 7) is 3.21. The molecule has 1 unspecified atom stereocenters. The molecule has 1 heterocycles. The van der Waals surface area contributed by atoms with Gasteiger partial charge in [-0.2, -0.15) is 0 Å². The van der Waals surface area contributed by atoms with E-state index in [1.807, 2.05) is 12.4 Å². The van der Waals surface area contributed by atoms with Gasteiger partial charge >= 0.3 is 0 Å². The highest BCUT2D eigenvalue weighted by molar-refractivity contribution is 5.17. The predicted molar refractivity (Wildman–Crippen MR) is 53.4 cm³/mol. The molecule has 1 N–H and O–H groups in total. The monoisotopic (exact) mass is 176 g/mol. The summed E-state index contributed by atoms with van der Waals surface area (Å²) in [5.74, 6) is 0.863. The Bertz CT molecular complexity index is 254. The van der Waals surface area contributed by atoms with Crippen LogP contribution < -0.4 is 5.32 Å². The largest absolute Gasteiger partial charge is 0.310 e. The fourth-order valence-electron chi connectivity index (χ4n) is 1.78. The van der Waals surface area contributed by atoms with E-state index in [2.05, 4.69) is 29.4 Å². The van der Waals surface area contributed by atoms with E-state index in [4.69, 9.17) is 0 Å². The molecule has 2 heteroatoms. The third-order valence-corrected chi connectivity index (χ3v) is 2.58. The van der Waals surface area contributed by atoms with Crippen molar-refractivity contribution in [1.29, 1.82) is 0 Å². The Labute approximate surface area is 79.4 Å². The molecule has 1 aliphatic carbocycles. The lowest BCUT2D eigenvalue weighted by Crippen LogP contribution is -2.22. The number of aromatic nitrogens is 1. The minimum Gasteiger partial charge on any atom is -0.310 e. The highest BCUT2D eigenvalue weighted by Gasteiger charge is 2.31. The van der Waals surface area contributed by atoms with E-state index in [1.54, 1.807) is 0 Å². The lowest BCUT2D eigenvalue weighted by Gasteiger charge is -2.16. The summed E-state index contributed by atoms with van der Waals surface area (Å²) in [6, 6.07) is 4.80. The molecule has 70 valence electrons. The predicted octanol–water partition coefficient (Wildman–Crippen LogP) is 2.14. The highest BCUT2D eigenvalue weighted by atomic mass is 14.9. The molecule has 0 amide bonds. The lowest BCUT2D eigenvalue weighted by atomic mass is 10.0. The molecule has 2 rings (SSSR count). The summed E-state index contributed by atoms with van der Waals surface area (Å²) in [6.07, 6.45) is 6.50. The van der Waals surface area contributed by atoms with Gasteiger partial charge in [-0.05, 0) is 43.0 Å². The molecule has 0 bridgehead atoms. The summed E-state index contributed by atoms with van der Waals surface area (Å²) in [7, 11) is 0. The Morgan fingerprint density at radius 3 is 2.69 bits per heavy atom. The van der Waals surface area contributed by atoms with Crippen molar-refractivity contribution in [3.05, 3.63) is 30.1 Å². The van der Waals surface area contributed by atoms with Gasteiger partial charge in [0.2, 0.25) is 0 Å². The third kappa shape index (κ3) is 2.07. The van der Waals surface area contributed by atoms with Gasteiger partial charge in [-0.1, -0.05) is 6.92 Å². The molecule has 1 aliphatic rings. The summed E-state index contributed by atoms with van der Waals surface area (Å²) in [5, 5.41) is 3.53. The highest BCUT2D eigenvalue weighted by Crippen LogP contribution is 2.40. The van der Waals surface area contributed by atoms with Gasteiger partial charge in [-0.3, -0.25) is 4.98 Å². The van der Waals surface area contributed by atoms with Crippen molar-refractivity contribution in [2.45, 2.75) is 25.8 Å². The zero-order valence-corrected chi connectivity index (χ0v) is 8.03. The van der Waals surface area contributed by atoms with Crippen molar-refractivity contribution in [3.8, 4) is 0 Å². The second-order valence-corrected chi connectivity index (χ2v) is 3.65. The van der Waals surface area contributed by atoms with Crippen LogP contribution >= 0.6 is 0 Å². The van der Waals surface area contributed by atoms with E-state index >= 15 is 0 Å². The van der Waals surface area contributed by atoms with Crippen molar-refractivity contribution >= 4 is 0 Å². The molecule has 1 saturated carbocycles. The van der Waals surface area contributed by atoms with Crippen molar-refractivity contribution < 1.29 is 0 Å². The molecule has 0 saturated heterocycles. The maximum absolute atomic E-state index is 4.04. The molecular formula is C11H16N2. The van der Waals surface area contributed by atoms with E-state index in [9.17, 15) is 0 Å². The maximum atomic E-state index is 4.04. The van der Waals surface area contributed by atoms with Gasteiger partial charge in [0.25, 0.3) is 0 Å². The molecule has 1 aromatic rings. The van der Waals surface area contributed by atoms with Gasteiger partial charge in [0.1, 0.15) is 0 Å². The number of rotatable bonds is 4. The van der Waals surface area contributed by atoms with E-state index in [0.29, 0.717) is 6.04 Å². The normalized spacial score (nSPS) is 18.5. The number of nitrogens with one attached hydrogen (secondary N) is 1. The van der Waals surface area contributed by atoms with Gasteiger partial charge in [0, 0.05) is 18.4 Å². The number of hydrogen-bond acceptors (Lipinski definition) is 2. The summed E-state index contributed by atoms with van der Waals surface area (Å²) in [4.78, 5) is 4.04. The summed E-state index contributed by atoms with van der Waals surface area (Å²) in [5.41, 5.74) is 1.39. The van der Waals surface area contributed by atoms with E-state index in [1.165, 1.54) is 18.4 Å². The first-order valence-corrected chi connectivity index (χ1v) is 5.05. The second kappa shape index (κ2) is 3.88. The number of hydrogen-bond donors (Lipinski definition) is 1. The minimum absolute atomic E-state index is 0.563. The molecule has 1 aromatic heterocycles. The Hall–Kier alpha value is -0.890. The Balaban J connectivity index is 2.10. The van der Waals surface area contributed by atoms with Crippen LogP contribution in [-0.2, 0) is 0 Å². The average Bonchev–Trinajstić information content (AvgIpc) is 2.99. The lowest BCUT2D eigenvalue weighted by molar-refractivity contribution is 0.496. The molecule has 1 fully saturated rings. The van der Waals surface area contributed by atoms with Crippen LogP contribution in [0.2, 0.25) is 0 Å². The fraction of sp³-hybridized carbons (Fsp3) is 0.545. The van der Waals surface area contributed by atoms with Crippen LogP contribution in [0.3, 0.4) is 0 Å². The molecule has 0 spiro atoms. The minimum atomic E-state index is 0.563. The van der Waals surface area contributed by atoms with Crippen molar-refractivity contribution in [2.75, 3.05) is 6.54 Å². The number of pyridine rings is 1. The summed E-state index contributed by atoms with van der Waals surface area (Å²) < 4.78 is 0. The molecule has 2 nitrogen and oxygen atoms in total. The Morgan fingerprint density at radius 1 is 1.46 bits per heavy atom. The van der Waals surface area contributed by atoms with Crippen LogP contribution in [0, 0.1) is 5.92 Å². The first kappa shape index (κ1) is 8.70. The number of nitrogens with zero attached hydrogens (tertiary/aromatic N) is 1. The third-order valence-electron chi connectivity index (χ3n) is 2.58. The Kier molecular flexibility index (Phi) is 2.60. The van der Waals surface area contributed by atoms with E-state index in [-0.39, 0.29) is 0 Å². The Morgan fingerprint density at radius 2 is 2.15 bits per heavy atom. The molecule has 0 radical (unpaired) electrons. The van der Waals surface area contributed by atoms with Gasteiger partial charge < -0.3 is 5.32 Å².